The molecule has 0 rings (SSSR count). The normalized spacial score (nSPS) is 12.0. The molecule has 6 nitrogen and oxygen atoms in total. The molecular formula is C56H108O6. The van der Waals surface area contributed by atoms with Crippen molar-refractivity contribution in [3.05, 3.63) is 0 Å². The molecule has 0 aliphatic carbocycles. The van der Waals surface area contributed by atoms with Gasteiger partial charge in [-0.15, -0.1) is 0 Å². The molecule has 6 heteroatoms. The van der Waals surface area contributed by atoms with Gasteiger partial charge in [0.15, 0.2) is 6.10 Å². The third kappa shape index (κ3) is 49.4. The molecule has 0 amide bonds. The molecule has 0 N–H and O–H groups in total. The van der Waals surface area contributed by atoms with Gasteiger partial charge in [-0.25, -0.2) is 0 Å². The Morgan fingerprint density at radius 1 is 0.306 bits per heavy atom. The zero-order chi connectivity index (χ0) is 45.2. The second kappa shape index (κ2) is 50.4. The summed E-state index contributed by atoms with van der Waals surface area (Å²) in [5.41, 5.74) is 0. The van der Waals surface area contributed by atoms with E-state index < -0.39 is 6.10 Å². The van der Waals surface area contributed by atoms with Crippen molar-refractivity contribution in [2.24, 2.45) is 5.92 Å². The third-order valence-electron chi connectivity index (χ3n) is 12.8. The van der Waals surface area contributed by atoms with Crippen molar-refractivity contribution in [2.45, 2.75) is 323 Å². The number of rotatable bonds is 51. The first-order valence-corrected chi connectivity index (χ1v) is 27.9. The van der Waals surface area contributed by atoms with E-state index >= 15 is 0 Å². The van der Waals surface area contributed by atoms with E-state index in [1.165, 1.54) is 212 Å². The van der Waals surface area contributed by atoms with Gasteiger partial charge in [0.25, 0.3) is 0 Å². The average Bonchev–Trinajstić information content (AvgIpc) is 3.26. The van der Waals surface area contributed by atoms with E-state index in [1.54, 1.807) is 0 Å². The Morgan fingerprint density at radius 3 is 0.790 bits per heavy atom. The van der Waals surface area contributed by atoms with Gasteiger partial charge in [-0.1, -0.05) is 278 Å². The van der Waals surface area contributed by atoms with Crippen molar-refractivity contribution < 1.29 is 28.6 Å². The number of ether oxygens (including phenoxy) is 3. The van der Waals surface area contributed by atoms with Crippen molar-refractivity contribution in [2.75, 3.05) is 13.2 Å². The minimum Gasteiger partial charge on any atom is -0.462 e. The average molecular weight is 877 g/mol. The van der Waals surface area contributed by atoms with E-state index in [0.717, 1.165) is 63.7 Å². The molecule has 0 aromatic carbocycles. The lowest BCUT2D eigenvalue weighted by atomic mass is 10.0. The third-order valence-corrected chi connectivity index (χ3v) is 12.8. The first kappa shape index (κ1) is 60.4. The molecule has 0 unspecified atom stereocenters. The molecule has 0 spiro atoms. The Morgan fingerprint density at radius 2 is 0.532 bits per heavy atom. The maximum absolute atomic E-state index is 12.8. The minimum absolute atomic E-state index is 0.0626. The van der Waals surface area contributed by atoms with E-state index in [2.05, 4.69) is 27.7 Å². The van der Waals surface area contributed by atoms with Gasteiger partial charge in [-0.3, -0.25) is 14.4 Å². The van der Waals surface area contributed by atoms with Gasteiger partial charge in [0.2, 0.25) is 0 Å². The van der Waals surface area contributed by atoms with Gasteiger partial charge in [0.05, 0.1) is 0 Å². The van der Waals surface area contributed by atoms with Crippen LogP contribution in [0.25, 0.3) is 0 Å². The molecule has 0 aliphatic rings. The zero-order valence-electron chi connectivity index (χ0n) is 42.3. The van der Waals surface area contributed by atoms with Crippen molar-refractivity contribution >= 4 is 17.9 Å². The number of hydrogen-bond acceptors (Lipinski definition) is 6. The fraction of sp³-hybridized carbons (Fsp3) is 0.946. The molecule has 1 atom stereocenters. The van der Waals surface area contributed by atoms with Gasteiger partial charge in [-0.05, 0) is 25.2 Å². The van der Waals surface area contributed by atoms with Crippen molar-refractivity contribution in [3.8, 4) is 0 Å². The van der Waals surface area contributed by atoms with Crippen LogP contribution >= 0.6 is 0 Å². The highest BCUT2D eigenvalue weighted by atomic mass is 16.6. The highest BCUT2D eigenvalue weighted by Crippen LogP contribution is 2.18. The summed E-state index contributed by atoms with van der Waals surface area (Å²) in [7, 11) is 0. The molecule has 0 saturated heterocycles. The smallest absolute Gasteiger partial charge is 0.306 e. The van der Waals surface area contributed by atoms with Crippen LogP contribution < -0.4 is 0 Å². The summed E-state index contributed by atoms with van der Waals surface area (Å²) in [4.78, 5) is 38.0. The molecule has 0 saturated carbocycles. The summed E-state index contributed by atoms with van der Waals surface area (Å²) in [5, 5.41) is 0. The van der Waals surface area contributed by atoms with Gasteiger partial charge < -0.3 is 14.2 Å². The minimum atomic E-state index is -0.761. The summed E-state index contributed by atoms with van der Waals surface area (Å²) in [6.45, 7) is 9.01. The summed E-state index contributed by atoms with van der Waals surface area (Å²) in [6, 6.07) is 0. The standard InChI is InChI=1S/C56H108O6/c1-5-7-9-11-13-15-17-19-21-22-23-25-26-28-30-35-39-43-47-54(57)60-50-53(51-61-55(58)48-44-40-36-33-32-34-38-42-46-52(3)4)62-56(59)49-45-41-37-31-29-27-24-20-18-16-14-12-10-8-6-2/h52-53H,5-51H2,1-4H3/t53-/m1/s1. The lowest BCUT2D eigenvalue weighted by Gasteiger charge is -2.18. The fourth-order valence-electron chi connectivity index (χ4n) is 8.57. The summed E-state index contributed by atoms with van der Waals surface area (Å²) < 4.78 is 16.8. The quantitative estimate of drug-likeness (QED) is 0.0344. The Balaban J connectivity index is 4.26. The SMILES string of the molecule is CCCCCCCCCCCCCCCCCCCCC(=O)OC[C@H](COC(=O)CCCCCCCCCCC(C)C)OC(=O)CCCCCCCCCCCCCCCCC. The second-order valence-electron chi connectivity index (χ2n) is 19.7. The van der Waals surface area contributed by atoms with Crippen LogP contribution in [0.2, 0.25) is 0 Å². The van der Waals surface area contributed by atoms with Crippen molar-refractivity contribution in [1.29, 1.82) is 0 Å². The number of carbonyl (C=O) groups excluding carboxylic acids is 3. The topological polar surface area (TPSA) is 78.9 Å². The summed E-state index contributed by atoms with van der Waals surface area (Å²) in [5.74, 6) is -0.0445. The Kier molecular flexibility index (Phi) is 49.1. The number of carbonyl (C=O) groups is 3. The molecule has 0 bridgehead atoms. The van der Waals surface area contributed by atoms with Gasteiger partial charge >= 0.3 is 17.9 Å². The van der Waals surface area contributed by atoms with E-state index in [4.69, 9.17) is 14.2 Å². The van der Waals surface area contributed by atoms with Crippen molar-refractivity contribution in [1.82, 2.24) is 0 Å². The Labute approximate surface area is 387 Å². The molecule has 0 aliphatic heterocycles. The predicted molar refractivity (Wildman–Crippen MR) is 266 cm³/mol. The molecule has 0 aromatic heterocycles. The van der Waals surface area contributed by atoms with Gasteiger partial charge in [0.1, 0.15) is 13.2 Å². The Bertz CT molecular complexity index is 933. The van der Waals surface area contributed by atoms with Gasteiger partial charge in [0, 0.05) is 19.3 Å². The monoisotopic (exact) mass is 877 g/mol. The van der Waals surface area contributed by atoms with E-state index in [1.807, 2.05) is 0 Å². The van der Waals surface area contributed by atoms with E-state index in [9.17, 15) is 14.4 Å². The first-order valence-electron chi connectivity index (χ1n) is 27.9. The van der Waals surface area contributed by atoms with Gasteiger partial charge in [-0.2, -0.15) is 0 Å². The van der Waals surface area contributed by atoms with Crippen molar-refractivity contribution in [3.63, 3.8) is 0 Å². The fourth-order valence-corrected chi connectivity index (χ4v) is 8.57. The molecule has 368 valence electrons. The van der Waals surface area contributed by atoms with Crippen LogP contribution in [-0.4, -0.2) is 37.2 Å². The van der Waals surface area contributed by atoms with Crippen LogP contribution in [0.1, 0.15) is 317 Å². The first-order chi connectivity index (χ1) is 30.4. The van der Waals surface area contributed by atoms with Crippen LogP contribution in [0.3, 0.4) is 0 Å². The molecule has 0 heterocycles. The number of esters is 3. The molecule has 62 heavy (non-hydrogen) atoms. The lowest BCUT2D eigenvalue weighted by molar-refractivity contribution is -0.167. The molecule has 0 fully saturated rings. The molecular weight excluding hydrogens is 769 g/mol. The summed E-state index contributed by atoms with van der Waals surface area (Å²) in [6.07, 6.45) is 53.8. The van der Waals surface area contributed by atoms with Crippen LogP contribution in [0.4, 0.5) is 0 Å². The maximum atomic E-state index is 12.8. The highest BCUT2D eigenvalue weighted by Gasteiger charge is 2.19. The van der Waals surface area contributed by atoms with E-state index in [0.29, 0.717) is 19.3 Å². The van der Waals surface area contributed by atoms with Crippen LogP contribution in [0.5, 0.6) is 0 Å². The highest BCUT2D eigenvalue weighted by molar-refractivity contribution is 5.71. The molecule has 0 radical (unpaired) electrons. The van der Waals surface area contributed by atoms with E-state index in [-0.39, 0.29) is 31.1 Å². The number of unbranched alkanes of at least 4 members (excludes halogenated alkanes) is 38. The van der Waals surface area contributed by atoms with Crippen LogP contribution in [0.15, 0.2) is 0 Å². The number of hydrogen-bond donors (Lipinski definition) is 0. The maximum Gasteiger partial charge on any atom is 0.306 e. The summed E-state index contributed by atoms with van der Waals surface area (Å²) >= 11 is 0. The second-order valence-corrected chi connectivity index (χ2v) is 19.7. The lowest BCUT2D eigenvalue weighted by Crippen LogP contribution is -2.30. The Hall–Kier alpha value is -1.59. The largest absolute Gasteiger partial charge is 0.462 e. The van der Waals surface area contributed by atoms with Crippen LogP contribution in [0, 0.1) is 5.92 Å². The van der Waals surface area contributed by atoms with Crippen LogP contribution in [-0.2, 0) is 28.6 Å². The zero-order valence-corrected chi connectivity index (χ0v) is 42.3. The predicted octanol–water partition coefficient (Wildman–Crippen LogP) is 18.2. The molecule has 0 aromatic rings.